The summed E-state index contributed by atoms with van der Waals surface area (Å²) in [4.78, 5) is 4.75. The number of nitrogens with two attached hydrogens (primary N) is 2. The van der Waals surface area contributed by atoms with Crippen molar-refractivity contribution in [3.05, 3.63) is 24.3 Å². The molecule has 1 unspecified atom stereocenters. The predicted molar refractivity (Wildman–Crippen MR) is 106 cm³/mol. The van der Waals surface area contributed by atoms with E-state index in [1.54, 1.807) is 12.1 Å². The molecule has 1 aliphatic carbocycles. The first-order valence-electron chi connectivity index (χ1n) is 9.50. The number of sulfonamides is 1. The Balaban J connectivity index is 1.70. The predicted octanol–water partition coefficient (Wildman–Crippen LogP) is 1.14. The van der Waals surface area contributed by atoms with Crippen molar-refractivity contribution in [3.63, 3.8) is 0 Å². The number of ether oxygens (including phenoxy) is 1. The van der Waals surface area contributed by atoms with Gasteiger partial charge in [-0.1, -0.05) is 12.8 Å². The van der Waals surface area contributed by atoms with Gasteiger partial charge in [-0.2, -0.15) is 0 Å². The van der Waals surface area contributed by atoms with Gasteiger partial charge in [0.2, 0.25) is 10.0 Å². The number of primary sulfonamides is 1. The Hall–Kier alpha value is -1.68. The second-order valence-electron chi connectivity index (χ2n) is 7.22. The molecule has 2 fully saturated rings. The zero-order chi connectivity index (χ0) is 19.3. The maximum Gasteiger partial charge on any atom is 0.238 e. The van der Waals surface area contributed by atoms with E-state index in [0.717, 1.165) is 50.8 Å². The van der Waals surface area contributed by atoms with Crippen LogP contribution in [0.3, 0.4) is 0 Å². The molecule has 150 valence electrons. The first kappa shape index (κ1) is 20.1. The zero-order valence-corrected chi connectivity index (χ0v) is 16.2. The largest absolute Gasteiger partial charge is 0.376 e. The lowest BCUT2D eigenvalue weighted by atomic mass is 9.91. The normalized spacial score (nSPS) is 26.7. The molecule has 0 spiro atoms. The summed E-state index contributed by atoms with van der Waals surface area (Å²) in [5.41, 5.74) is 6.98. The van der Waals surface area contributed by atoms with Crippen molar-refractivity contribution in [3.8, 4) is 0 Å². The maximum absolute atomic E-state index is 11.4. The number of rotatable bonds is 5. The van der Waals surface area contributed by atoms with Gasteiger partial charge in [0.15, 0.2) is 5.96 Å². The molecule has 0 bridgehead atoms. The highest BCUT2D eigenvalue weighted by Crippen LogP contribution is 2.18. The van der Waals surface area contributed by atoms with Crippen LogP contribution in [0.15, 0.2) is 34.2 Å². The fourth-order valence-electron chi connectivity index (χ4n) is 3.48. The van der Waals surface area contributed by atoms with Crippen molar-refractivity contribution in [1.29, 1.82) is 0 Å². The van der Waals surface area contributed by atoms with Crippen LogP contribution in [0.1, 0.15) is 38.5 Å². The Morgan fingerprint density at radius 1 is 1.15 bits per heavy atom. The molecule has 1 aromatic carbocycles. The molecule has 1 heterocycles. The summed E-state index contributed by atoms with van der Waals surface area (Å²) in [6.45, 7) is 1.37. The Labute approximate surface area is 160 Å². The quantitative estimate of drug-likeness (QED) is 0.437. The third kappa shape index (κ3) is 5.90. The number of hydrogen-bond donors (Lipinski definition) is 4. The minimum Gasteiger partial charge on any atom is -0.376 e. The van der Waals surface area contributed by atoms with E-state index >= 15 is 0 Å². The van der Waals surface area contributed by atoms with Crippen LogP contribution in [-0.4, -0.2) is 45.7 Å². The van der Waals surface area contributed by atoms with E-state index in [1.165, 1.54) is 12.1 Å². The van der Waals surface area contributed by atoms with Gasteiger partial charge < -0.3 is 21.1 Å². The van der Waals surface area contributed by atoms with Gasteiger partial charge in [-0.15, -0.1) is 0 Å². The van der Waals surface area contributed by atoms with E-state index in [4.69, 9.17) is 15.6 Å². The van der Waals surface area contributed by atoms with Crippen LogP contribution in [0.2, 0.25) is 0 Å². The smallest absolute Gasteiger partial charge is 0.238 e. The van der Waals surface area contributed by atoms with Crippen molar-refractivity contribution >= 4 is 21.7 Å². The van der Waals surface area contributed by atoms with Crippen molar-refractivity contribution in [2.75, 3.05) is 18.5 Å². The van der Waals surface area contributed by atoms with E-state index in [9.17, 15) is 8.42 Å². The van der Waals surface area contributed by atoms with Crippen LogP contribution < -0.4 is 21.5 Å². The monoisotopic (exact) mass is 395 g/mol. The average molecular weight is 396 g/mol. The van der Waals surface area contributed by atoms with Crippen LogP contribution in [0.5, 0.6) is 0 Å². The molecule has 9 heteroatoms. The Morgan fingerprint density at radius 3 is 2.52 bits per heavy atom. The highest BCUT2D eigenvalue weighted by molar-refractivity contribution is 7.89. The van der Waals surface area contributed by atoms with Crippen molar-refractivity contribution in [2.45, 2.75) is 61.6 Å². The third-order valence-corrected chi connectivity index (χ3v) is 5.99. The van der Waals surface area contributed by atoms with E-state index < -0.39 is 10.0 Å². The van der Waals surface area contributed by atoms with E-state index in [2.05, 4.69) is 15.6 Å². The summed E-state index contributed by atoms with van der Waals surface area (Å²) in [5, 5.41) is 11.8. The molecule has 27 heavy (non-hydrogen) atoms. The summed E-state index contributed by atoms with van der Waals surface area (Å²) in [6.07, 6.45) is 6.54. The number of anilines is 1. The number of benzene rings is 1. The molecule has 3 rings (SSSR count). The molecule has 1 aliphatic heterocycles. The molecule has 1 saturated carbocycles. The van der Waals surface area contributed by atoms with Gasteiger partial charge >= 0.3 is 0 Å². The second kappa shape index (κ2) is 9.01. The van der Waals surface area contributed by atoms with Crippen LogP contribution in [0.4, 0.5) is 5.69 Å². The minimum absolute atomic E-state index is 0.0770. The SMILES string of the molecule is N[C@H]1CCCC[C@@H]1NC(=NCC1CCCO1)Nc1ccc(S(N)(=O)=O)cc1. The Kier molecular flexibility index (Phi) is 6.69. The summed E-state index contributed by atoms with van der Waals surface area (Å²) >= 11 is 0. The molecule has 6 N–H and O–H groups in total. The average Bonchev–Trinajstić information content (AvgIpc) is 3.15. The first-order chi connectivity index (χ1) is 12.9. The number of nitrogens with zero attached hydrogens (tertiary/aromatic N) is 1. The molecule has 0 radical (unpaired) electrons. The molecule has 2 aliphatic rings. The van der Waals surface area contributed by atoms with Crippen molar-refractivity contribution in [2.24, 2.45) is 15.9 Å². The van der Waals surface area contributed by atoms with Crippen molar-refractivity contribution in [1.82, 2.24) is 5.32 Å². The molecule has 0 aromatic heterocycles. The number of guanidine groups is 1. The van der Waals surface area contributed by atoms with Gasteiger partial charge in [0, 0.05) is 24.4 Å². The zero-order valence-electron chi connectivity index (χ0n) is 15.4. The lowest BCUT2D eigenvalue weighted by molar-refractivity contribution is 0.117. The van der Waals surface area contributed by atoms with E-state index in [1.807, 2.05) is 0 Å². The van der Waals surface area contributed by atoms with Crippen LogP contribution >= 0.6 is 0 Å². The maximum atomic E-state index is 11.4. The number of hydrogen-bond acceptors (Lipinski definition) is 5. The molecule has 3 atom stereocenters. The van der Waals surface area contributed by atoms with Gasteiger partial charge in [-0.25, -0.2) is 13.6 Å². The van der Waals surface area contributed by atoms with Gasteiger partial charge in [-0.3, -0.25) is 4.99 Å². The molecule has 1 aromatic rings. The van der Waals surface area contributed by atoms with Gasteiger partial charge in [0.25, 0.3) is 0 Å². The summed E-state index contributed by atoms with van der Waals surface area (Å²) in [7, 11) is -3.71. The summed E-state index contributed by atoms with van der Waals surface area (Å²) in [6, 6.07) is 6.55. The molecule has 8 nitrogen and oxygen atoms in total. The fourth-order valence-corrected chi connectivity index (χ4v) is 4.00. The van der Waals surface area contributed by atoms with Crippen molar-refractivity contribution < 1.29 is 13.2 Å². The second-order valence-corrected chi connectivity index (χ2v) is 8.78. The van der Waals surface area contributed by atoms with Crippen LogP contribution in [-0.2, 0) is 14.8 Å². The van der Waals surface area contributed by atoms with E-state index in [0.29, 0.717) is 12.5 Å². The lowest BCUT2D eigenvalue weighted by Crippen LogP contribution is -2.51. The highest BCUT2D eigenvalue weighted by atomic mass is 32.2. The van der Waals surface area contributed by atoms with Crippen LogP contribution in [0, 0.1) is 0 Å². The Morgan fingerprint density at radius 2 is 1.89 bits per heavy atom. The third-order valence-electron chi connectivity index (χ3n) is 5.06. The number of nitrogens with one attached hydrogen (secondary N) is 2. The van der Waals surface area contributed by atoms with Gasteiger partial charge in [0.05, 0.1) is 17.5 Å². The highest BCUT2D eigenvalue weighted by Gasteiger charge is 2.23. The summed E-state index contributed by atoms with van der Waals surface area (Å²) < 4.78 is 28.5. The fraction of sp³-hybridized carbons (Fsp3) is 0.611. The minimum atomic E-state index is -3.71. The Bertz CT molecular complexity index is 745. The standard InChI is InChI=1S/C18H29N5O3S/c19-16-5-1-2-6-17(16)23-18(21-12-14-4-3-11-26-14)22-13-7-9-15(10-8-13)27(20,24)25/h7-10,14,16-17H,1-6,11-12,19H2,(H2,20,24,25)(H2,21,22,23)/t14?,16-,17-/m0/s1. The summed E-state index contributed by atoms with van der Waals surface area (Å²) in [5.74, 6) is 0.635. The topological polar surface area (TPSA) is 132 Å². The molecule has 1 saturated heterocycles. The molecular weight excluding hydrogens is 366 g/mol. The first-order valence-corrected chi connectivity index (χ1v) is 11.0. The van der Waals surface area contributed by atoms with Crippen LogP contribution in [0.25, 0.3) is 0 Å². The lowest BCUT2D eigenvalue weighted by Gasteiger charge is -2.30. The van der Waals surface area contributed by atoms with Gasteiger partial charge in [0.1, 0.15) is 0 Å². The van der Waals surface area contributed by atoms with Gasteiger partial charge in [-0.05, 0) is 49.9 Å². The molecular formula is C18H29N5O3S. The number of aliphatic imine (C=N–C) groups is 1. The molecule has 0 amide bonds. The van der Waals surface area contributed by atoms with E-state index in [-0.39, 0.29) is 23.1 Å².